The maximum atomic E-state index is 6.19. The number of anilines is 1. The second-order valence-electron chi connectivity index (χ2n) is 6.70. The minimum atomic E-state index is 0.232. The maximum absolute atomic E-state index is 6.19. The van der Waals surface area contributed by atoms with Crippen LogP contribution in [-0.2, 0) is 19.4 Å². The van der Waals surface area contributed by atoms with E-state index in [2.05, 4.69) is 73.7 Å². The molecule has 2 N–H and O–H groups in total. The molecule has 114 valence electrons. The van der Waals surface area contributed by atoms with Crippen molar-refractivity contribution >= 4 is 28.4 Å². The molecule has 2 rings (SSSR count). The van der Waals surface area contributed by atoms with Gasteiger partial charge in [0.05, 0.1) is 9.26 Å². The van der Waals surface area contributed by atoms with E-state index in [-0.39, 0.29) is 5.41 Å². The summed E-state index contributed by atoms with van der Waals surface area (Å²) in [6.45, 7) is 7.57. The zero-order valence-electron chi connectivity index (χ0n) is 13.1. The fraction of sp³-hybridized carbons (Fsp3) is 0.471. The second kappa shape index (κ2) is 6.81. The van der Waals surface area contributed by atoms with Crippen molar-refractivity contribution in [3.05, 3.63) is 45.2 Å². The Morgan fingerprint density at radius 1 is 1.19 bits per heavy atom. The van der Waals surface area contributed by atoms with Crippen LogP contribution in [0, 0.1) is 8.99 Å². The summed E-state index contributed by atoms with van der Waals surface area (Å²) in [6.07, 6.45) is 3.08. The van der Waals surface area contributed by atoms with Crippen molar-refractivity contribution in [3.63, 3.8) is 0 Å². The van der Waals surface area contributed by atoms with E-state index in [1.54, 1.807) is 0 Å². The molecule has 0 aliphatic heterocycles. The van der Waals surface area contributed by atoms with E-state index < -0.39 is 0 Å². The molecule has 21 heavy (non-hydrogen) atoms. The van der Waals surface area contributed by atoms with Gasteiger partial charge in [0, 0.05) is 6.54 Å². The molecule has 0 spiro atoms. The molecule has 1 aromatic carbocycles. The van der Waals surface area contributed by atoms with Gasteiger partial charge in [0.25, 0.3) is 0 Å². The van der Waals surface area contributed by atoms with Gasteiger partial charge in [-0.15, -0.1) is 0 Å². The van der Waals surface area contributed by atoms with E-state index in [0.717, 1.165) is 40.9 Å². The predicted octanol–water partition coefficient (Wildman–Crippen LogP) is 4.29. The van der Waals surface area contributed by atoms with Crippen LogP contribution in [0.1, 0.15) is 38.4 Å². The first-order valence-corrected chi connectivity index (χ1v) is 8.49. The van der Waals surface area contributed by atoms with Crippen LogP contribution in [0.2, 0.25) is 0 Å². The molecule has 0 aliphatic carbocycles. The SMILES string of the molecule is CC(C)(C)Cc1nn(CCCc2ccccc2)c(N)c1I. The number of halogens is 1. The molecule has 0 saturated heterocycles. The van der Waals surface area contributed by atoms with E-state index >= 15 is 0 Å². The first kappa shape index (κ1) is 16.3. The van der Waals surface area contributed by atoms with E-state index in [9.17, 15) is 0 Å². The average molecular weight is 397 g/mol. The normalized spacial score (nSPS) is 11.8. The fourth-order valence-corrected chi connectivity index (χ4v) is 2.95. The molecule has 3 nitrogen and oxygen atoms in total. The van der Waals surface area contributed by atoms with Crippen LogP contribution in [-0.4, -0.2) is 9.78 Å². The zero-order chi connectivity index (χ0) is 15.5. The molecule has 0 fully saturated rings. The Hall–Kier alpha value is -1.04. The molecular formula is C17H24IN3. The van der Waals surface area contributed by atoms with Gasteiger partial charge >= 0.3 is 0 Å². The summed E-state index contributed by atoms with van der Waals surface area (Å²) < 4.78 is 3.08. The highest BCUT2D eigenvalue weighted by Crippen LogP contribution is 2.26. The second-order valence-corrected chi connectivity index (χ2v) is 7.77. The van der Waals surface area contributed by atoms with Gasteiger partial charge in [-0.2, -0.15) is 5.10 Å². The number of aryl methyl sites for hydroxylation is 2. The average Bonchev–Trinajstić information content (AvgIpc) is 2.67. The van der Waals surface area contributed by atoms with E-state index in [1.807, 2.05) is 4.68 Å². The van der Waals surface area contributed by atoms with Crippen molar-refractivity contribution < 1.29 is 0 Å². The van der Waals surface area contributed by atoms with E-state index in [0.29, 0.717) is 0 Å². The largest absolute Gasteiger partial charge is 0.383 e. The van der Waals surface area contributed by atoms with Gasteiger partial charge in [-0.05, 0) is 52.8 Å². The topological polar surface area (TPSA) is 43.8 Å². The molecule has 0 bridgehead atoms. The van der Waals surface area contributed by atoms with Crippen molar-refractivity contribution in [2.24, 2.45) is 5.41 Å². The molecule has 0 atom stereocenters. The molecule has 4 heteroatoms. The lowest BCUT2D eigenvalue weighted by Crippen LogP contribution is -2.11. The van der Waals surface area contributed by atoms with Gasteiger partial charge in [0.1, 0.15) is 5.82 Å². The summed E-state index contributed by atoms with van der Waals surface area (Å²) in [5.41, 5.74) is 8.92. The Balaban J connectivity index is 1.99. The van der Waals surface area contributed by atoms with Crippen LogP contribution in [0.15, 0.2) is 30.3 Å². The van der Waals surface area contributed by atoms with Crippen LogP contribution >= 0.6 is 22.6 Å². The summed E-state index contributed by atoms with van der Waals surface area (Å²) in [6, 6.07) is 10.6. The number of benzene rings is 1. The quantitative estimate of drug-likeness (QED) is 0.765. The highest BCUT2D eigenvalue weighted by atomic mass is 127. The smallest absolute Gasteiger partial charge is 0.135 e. The van der Waals surface area contributed by atoms with Gasteiger partial charge in [-0.3, -0.25) is 0 Å². The van der Waals surface area contributed by atoms with E-state index in [1.165, 1.54) is 5.56 Å². The lowest BCUT2D eigenvalue weighted by Gasteiger charge is -2.16. The first-order valence-electron chi connectivity index (χ1n) is 7.41. The number of nitrogens with two attached hydrogens (primary N) is 1. The van der Waals surface area contributed by atoms with E-state index in [4.69, 9.17) is 10.8 Å². The molecule has 0 saturated carbocycles. The van der Waals surface area contributed by atoms with Crippen LogP contribution < -0.4 is 5.73 Å². The third-order valence-corrected chi connectivity index (χ3v) is 4.55. The summed E-state index contributed by atoms with van der Waals surface area (Å²) in [5.74, 6) is 0.808. The molecule has 0 unspecified atom stereocenters. The number of aromatic nitrogens is 2. The Morgan fingerprint density at radius 3 is 2.48 bits per heavy atom. The van der Waals surface area contributed by atoms with Gasteiger partial charge in [-0.1, -0.05) is 51.1 Å². The minimum absolute atomic E-state index is 0.232. The Bertz CT molecular complexity index is 582. The zero-order valence-corrected chi connectivity index (χ0v) is 15.2. The third kappa shape index (κ3) is 4.73. The molecule has 2 aromatic rings. The minimum Gasteiger partial charge on any atom is -0.383 e. The molecule has 0 amide bonds. The van der Waals surface area contributed by atoms with Gasteiger partial charge < -0.3 is 5.73 Å². The molecular weight excluding hydrogens is 373 g/mol. The summed E-state index contributed by atoms with van der Waals surface area (Å²) in [4.78, 5) is 0. The highest BCUT2D eigenvalue weighted by molar-refractivity contribution is 14.1. The monoisotopic (exact) mass is 397 g/mol. The van der Waals surface area contributed by atoms with Crippen LogP contribution in [0.3, 0.4) is 0 Å². The molecule has 1 heterocycles. The number of nitrogens with zero attached hydrogens (tertiary/aromatic N) is 2. The van der Waals surface area contributed by atoms with Crippen LogP contribution in [0.4, 0.5) is 5.82 Å². The van der Waals surface area contributed by atoms with Crippen molar-refractivity contribution in [2.75, 3.05) is 5.73 Å². The van der Waals surface area contributed by atoms with Gasteiger partial charge in [0.15, 0.2) is 0 Å². The number of rotatable bonds is 5. The highest BCUT2D eigenvalue weighted by Gasteiger charge is 2.19. The number of nitrogen functional groups attached to an aromatic ring is 1. The van der Waals surface area contributed by atoms with Gasteiger partial charge in [-0.25, -0.2) is 4.68 Å². The van der Waals surface area contributed by atoms with Gasteiger partial charge in [0.2, 0.25) is 0 Å². The van der Waals surface area contributed by atoms with Crippen molar-refractivity contribution in [2.45, 2.75) is 46.6 Å². The summed E-state index contributed by atoms with van der Waals surface area (Å²) in [7, 11) is 0. The number of hydrogen-bond acceptors (Lipinski definition) is 2. The molecule has 1 aromatic heterocycles. The first-order chi connectivity index (χ1) is 9.87. The van der Waals surface area contributed by atoms with Crippen LogP contribution in [0.5, 0.6) is 0 Å². The Morgan fingerprint density at radius 2 is 1.86 bits per heavy atom. The Labute approximate surface area is 141 Å². The Kier molecular flexibility index (Phi) is 5.30. The third-order valence-electron chi connectivity index (χ3n) is 3.37. The van der Waals surface area contributed by atoms with Crippen molar-refractivity contribution in [3.8, 4) is 0 Å². The molecule has 0 aliphatic rings. The summed E-state index contributed by atoms with van der Waals surface area (Å²) in [5, 5.41) is 4.71. The lowest BCUT2D eigenvalue weighted by molar-refractivity contribution is 0.402. The lowest BCUT2D eigenvalue weighted by atomic mass is 9.91. The summed E-state index contributed by atoms with van der Waals surface area (Å²) >= 11 is 2.32. The van der Waals surface area contributed by atoms with Crippen LogP contribution in [0.25, 0.3) is 0 Å². The van der Waals surface area contributed by atoms with Crippen molar-refractivity contribution in [1.29, 1.82) is 0 Å². The standard InChI is InChI=1S/C17H24IN3/c1-17(2,3)12-14-15(18)16(19)21(20-14)11-7-10-13-8-5-4-6-9-13/h4-6,8-9H,7,10-12,19H2,1-3H3. The predicted molar refractivity (Wildman–Crippen MR) is 97.3 cm³/mol. The number of hydrogen-bond donors (Lipinski definition) is 1. The maximum Gasteiger partial charge on any atom is 0.135 e. The van der Waals surface area contributed by atoms with Crippen molar-refractivity contribution in [1.82, 2.24) is 9.78 Å². The molecule has 0 radical (unpaired) electrons. The fourth-order valence-electron chi connectivity index (χ4n) is 2.37.